The van der Waals surface area contributed by atoms with Crippen LogP contribution in [0.3, 0.4) is 0 Å². The number of hydrogen-bond donors (Lipinski definition) is 1. The van der Waals surface area contributed by atoms with Crippen molar-refractivity contribution in [2.45, 2.75) is 6.54 Å². The Labute approximate surface area is 132 Å². The molecule has 0 amide bonds. The minimum Gasteiger partial charge on any atom is -0.365 e. The minimum absolute atomic E-state index is 0.00306. The van der Waals surface area contributed by atoms with Crippen molar-refractivity contribution in [3.05, 3.63) is 62.5 Å². The van der Waals surface area contributed by atoms with E-state index in [1.54, 1.807) is 12.1 Å². The van der Waals surface area contributed by atoms with Crippen LogP contribution in [0.1, 0.15) is 5.56 Å². The van der Waals surface area contributed by atoms with Crippen molar-refractivity contribution in [2.75, 3.05) is 5.32 Å². The van der Waals surface area contributed by atoms with Gasteiger partial charge in [-0.3, -0.25) is 20.2 Å². The predicted octanol–water partition coefficient (Wildman–Crippen LogP) is 3.12. The van der Waals surface area contributed by atoms with Gasteiger partial charge in [0.25, 0.3) is 5.69 Å². The van der Waals surface area contributed by atoms with Crippen LogP contribution in [0.2, 0.25) is 0 Å². The van der Waals surface area contributed by atoms with Crippen LogP contribution in [0.15, 0.2) is 36.7 Å². The summed E-state index contributed by atoms with van der Waals surface area (Å²) in [5.74, 6) is 0.450. The summed E-state index contributed by atoms with van der Waals surface area (Å²) in [5, 5.41) is 25.2. The Morgan fingerprint density at radius 3 is 2.70 bits per heavy atom. The molecule has 3 rings (SSSR count). The van der Waals surface area contributed by atoms with Crippen LogP contribution < -0.4 is 5.32 Å². The average Bonchev–Trinajstić information content (AvgIpc) is 2.98. The van der Waals surface area contributed by atoms with Gasteiger partial charge in [0.1, 0.15) is 17.0 Å². The van der Waals surface area contributed by atoms with Gasteiger partial charge in [-0.25, -0.2) is 9.97 Å². The highest BCUT2D eigenvalue weighted by Crippen LogP contribution is 2.33. The molecule has 1 aromatic carbocycles. The number of fused-ring (bicyclic) bond motifs is 1. The van der Waals surface area contributed by atoms with Gasteiger partial charge in [-0.1, -0.05) is 12.1 Å². The number of non-ortho nitro benzene ring substituents is 1. The van der Waals surface area contributed by atoms with Crippen molar-refractivity contribution in [1.82, 2.24) is 9.97 Å². The summed E-state index contributed by atoms with van der Waals surface area (Å²) in [4.78, 5) is 29.3. The Morgan fingerprint density at radius 2 is 1.96 bits per heavy atom. The number of anilines is 1. The zero-order chi connectivity index (χ0) is 16.4. The number of benzene rings is 1. The zero-order valence-corrected chi connectivity index (χ0v) is 12.3. The second kappa shape index (κ2) is 5.93. The van der Waals surface area contributed by atoms with Crippen molar-refractivity contribution in [2.24, 2.45) is 0 Å². The smallest absolute Gasteiger partial charge is 0.326 e. The molecule has 0 atom stereocenters. The largest absolute Gasteiger partial charge is 0.365 e. The van der Waals surface area contributed by atoms with E-state index in [2.05, 4.69) is 15.3 Å². The summed E-state index contributed by atoms with van der Waals surface area (Å²) in [5.41, 5.74) is 0.707. The Balaban J connectivity index is 1.86. The molecule has 0 bridgehead atoms. The molecule has 0 spiro atoms. The second-order valence-corrected chi connectivity index (χ2v) is 5.57. The first-order valence-corrected chi connectivity index (χ1v) is 7.22. The Bertz CT molecular complexity index is 910. The Morgan fingerprint density at radius 1 is 1.13 bits per heavy atom. The lowest BCUT2D eigenvalue weighted by Crippen LogP contribution is -2.02. The quantitative estimate of drug-likeness (QED) is 0.562. The molecule has 0 radical (unpaired) electrons. The van der Waals surface area contributed by atoms with Gasteiger partial charge in [0.05, 0.1) is 15.2 Å². The van der Waals surface area contributed by atoms with Gasteiger partial charge >= 0.3 is 5.00 Å². The number of nitro groups is 2. The van der Waals surface area contributed by atoms with Crippen molar-refractivity contribution in [3.8, 4) is 0 Å². The molecule has 10 heteroatoms. The van der Waals surface area contributed by atoms with Crippen LogP contribution >= 0.6 is 11.3 Å². The Kier molecular flexibility index (Phi) is 3.81. The van der Waals surface area contributed by atoms with Gasteiger partial charge in [0.2, 0.25) is 0 Å². The molecular formula is C13H9N5O4S. The van der Waals surface area contributed by atoms with Gasteiger partial charge in [0.15, 0.2) is 0 Å². The third-order valence-corrected chi connectivity index (χ3v) is 4.07. The summed E-state index contributed by atoms with van der Waals surface area (Å²) < 4.78 is 0. The summed E-state index contributed by atoms with van der Waals surface area (Å²) in [6.45, 7) is 0.303. The minimum atomic E-state index is -0.476. The van der Waals surface area contributed by atoms with E-state index in [9.17, 15) is 20.2 Å². The fourth-order valence-electron chi connectivity index (χ4n) is 2.04. The van der Waals surface area contributed by atoms with Crippen LogP contribution in [0.5, 0.6) is 0 Å². The van der Waals surface area contributed by atoms with Gasteiger partial charge in [-0.2, -0.15) is 0 Å². The van der Waals surface area contributed by atoms with Gasteiger partial charge in [-0.05, 0) is 16.9 Å². The number of rotatable bonds is 5. The fraction of sp³-hybridized carbons (Fsp3) is 0.0769. The van der Waals surface area contributed by atoms with E-state index in [1.165, 1.54) is 24.5 Å². The first kappa shape index (κ1) is 14.8. The van der Waals surface area contributed by atoms with Crippen molar-refractivity contribution in [3.63, 3.8) is 0 Å². The molecule has 116 valence electrons. The molecule has 9 nitrogen and oxygen atoms in total. The highest BCUT2D eigenvalue weighted by Gasteiger charge is 2.15. The molecule has 0 saturated carbocycles. The van der Waals surface area contributed by atoms with Crippen LogP contribution in [-0.2, 0) is 6.54 Å². The molecule has 1 N–H and O–H groups in total. The maximum absolute atomic E-state index is 10.8. The number of aromatic nitrogens is 2. The third kappa shape index (κ3) is 3.06. The molecule has 0 saturated heterocycles. The molecule has 0 aliphatic rings. The molecule has 0 fully saturated rings. The van der Waals surface area contributed by atoms with Crippen molar-refractivity contribution in [1.29, 1.82) is 0 Å². The lowest BCUT2D eigenvalue weighted by Gasteiger charge is -2.06. The van der Waals surface area contributed by atoms with Gasteiger partial charge in [0, 0.05) is 24.7 Å². The van der Waals surface area contributed by atoms with E-state index in [1.807, 2.05) is 0 Å². The lowest BCUT2D eigenvalue weighted by atomic mass is 10.2. The van der Waals surface area contributed by atoms with E-state index >= 15 is 0 Å². The summed E-state index contributed by atoms with van der Waals surface area (Å²) >= 11 is 0.968. The van der Waals surface area contributed by atoms with Gasteiger partial charge < -0.3 is 5.32 Å². The van der Waals surface area contributed by atoms with Crippen molar-refractivity contribution >= 4 is 38.1 Å². The summed E-state index contributed by atoms with van der Waals surface area (Å²) in [6, 6.07) is 7.63. The maximum atomic E-state index is 10.8. The van der Waals surface area contributed by atoms with Crippen molar-refractivity contribution < 1.29 is 9.85 Å². The first-order valence-electron chi connectivity index (χ1n) is 6.41. The lowest BCUT2D eigenvalue weighted by molar-refractivity contribution is -0.384. The topological polar surface area (TPSA) is 124 Å². The molecule has 3 aromatic rings. The average molecular weight is 331 g/mol. The summed E-state index contributed by atoms with van der Waals surface area (Å²) in [6.07, 6.45) is 1.32. The SMILES string of the molecule is O=[N+]([O-])c1cccc(CNc2ncnc3sc([N+](=O)[O-])cc23)c1. The van der Waals surface area contributed by atoms with Gasteiger partial charge in [-0.15, -0.1) is 0 Å². The van der Waals surface area contributed by atoms with E-state index < -0.39 is 9.85 Å². The Hall–Kier alpha value is -3.14. The molecular weight excluding hydrogens is 322 g/mol. The number of nitrogens with one attached hydrogen (secondary N) is 1. The standard InChI is InChI=1S/C13H9N5O4S/c19-17(20)9-3-1-2-8(4-9)6-14-12-10-5-11(18(21)22)23-13(10)16-7-15-12/h1-5,7H,6H2,(H,14,15,16). The first-order chi connectivity index (χ1) is 11.0. The highest BCUT2D eigenvalue weighted by atomic mass is 32.1. The molecule has 2 aromatic heterocycles. The number of thiophene rings is 1. The van der Waals surface area contributed by atoms with Crippen LogP contribution in [0, 0.1) is 20.2 Å². The van der Waals surface area contributed by atoms with Crippen LogP contribution in [-0.4, -0.2) is 19.8 Å². The second-order valence-electron chi connectivity index (χ2n) is 4.56. The number of nitrogens with zero attached hydrogens (tertiary/aromatic N) is 4. The molecule has 0 aliphatic carbocycles. The number of hydrogen-bond acceptors (Lipinski definition) is 8. The van der Waals surface area contributed by atoms with E-state index in [0.717, 1.165) is 11.3 Å². The third-order valence-electron chi connectivity index (χ3n) is 3.08. The zero-order valence-electron chi connectivity index (χ0n) is 11.5. The summed E-state index contributed by atoms with van der Waals surface area (Å²) in [7, 11) is 0. The molecule has 0 unspecified atom stereocenters. The molecule has 0 aliphatic heterocycles. The van der Waals surface area contributed by atoms with E-state index in [0.29, 0.717) is 28.1 Å². The van der Waals surface area contributed by atoms with E-state index in [4.69, 9.17) is 0 Å². The van der Waals surface area contributed by atoms with Crippen LogP contribution in [0.25, 0.3) is 10.2 Å². The highest BCUT2D eigenvalue weighted by molar-refractivity contribution is 7.21. The molecule has 23 heavy (non-hydrogen) atoms. The van der Waals surface area contributed by atoms with Crippen LogP contribution in [0.4, 0.5) is 16.5 Å². The number of nitro benzene ring substituents is 1. The predicted molar refractivity (Wildman–Crippen MR) is 84.5 cm³/mol. The molecule has 2 heterocycles. The maximum Gasteiger partial charge on any atom is 0.326 e. The fourth-order valence-corrected chi connectivity index (χ4v) is 2.85. The normalized spacial score (nSPS) is 10.6. The monoisotopic (exact) mass is 331 g/mol. The van der Waals surface area contributed by atoms with E-state index in [-0.39, 0.29) is 10.7 Å².